The molecule has 1 aliphatic carbocycles. The van der Waals surface area contributed by atoms with Crippen molar-refractivity contribution in [1.29, 1.82) is 0 Å². The van der Waals surface area contributed by atoms with E-state index in [1.807, 2.05) is 36.4 Å². The highest BCUT2D eigenvalue weighted by molar-refractivity contribution is 7.92. The van der Waals surface area contributed by atoms with Crippen LogP contribution in [-0.4, -0.2) is 15.0 Å². The molecule has 4 aromatic carbocycles. The van der Waals surface area contributed by atoms with Gasteiger partial charge in [0.15, 0.2) is 0 Å². The Labute approximate surface area is 206 Å². The Kier molecular flexibility index (Phi) is 4.58. The monoisotopic (exact) mass is 478 g/mol. The molecule has 2 aliphatic heterocycles. The predicted molar refractivity (Wildman–Crippen MR) is 141 cm³/mol. The van der Waals surface area contributed by atoms with E-state index in [4.69, 9.17) is 0 Å². The van der Waals surface area contributed by atoms with E-state index in [2.05, 4.69) is 59.9 Å². The molecule has 1 N–H and O–H groups in total. The van der Waals surface area contributed by atoms with Gasteiger partial charge in [-0.25, -0.2) is 8.42 Å². The zero-order valence-electron chi connectivity index (χ0n) is 19.3. The summed E-state index contributed by atoms with van der Waals surface area (Å²) in [5.41, 5.74) is 5.27. The number of para-hydroxylation sites is 1. The number of fused-ring (bicyclic) bond motifs is 5. The molecule has 5 heteroatoms. The Morgan fingerprint density at radius 3 is 2.60 bits per heavy atom. The van der Waals surface area contributed by atoms with E-state index in [9.17, 15) is 8.42 Å². The second kappa shape index (κ2) is 7.72. The smallest absolute Gasteiger partial charge is 0.264 e. The number of benzene rings is 4. The molecule has 0 amide bonds. The lowest BCUT2D eigenvalue weighted by atomic mass is 9.77. The minimum absolute atomic E-state index is 0.181. The number of hydrogen-bond donors (Lipinski definition) is 1. The van der Waals surface area contributed by atoms with Crippen LogP contribution in [-0.2, 0) is 16.4 Å². The molecule has 7 rings (SSSR count). The van der Waals surface area contributed by atoms with Crippen LogP contribution in [0, 0.1) is 5.92 Å². The Balaban J connectivity index is 1.27. The molecule has 174 valence electrons. The largest absolute Gasteiger partial charge is 0.378 e. The molecular formula is C30H26N2O2S. The molecular weight excluding hydrogens is 452 g/mol. The maximum atomic E-state index is 13.7. The lowest BCUT2D eigenvalue weighted by Gasteiger charge is -2.38. The van der Waals surface area contributed by atoms with E-state index >= 15 is 0 Å². The van der Waals surface area contributed by atoms with Gasteiger partial charge in [0, 0.05) is 18.2 Å². The van der Waals surface area contributed by atoms with Gasteiger partial charge in [0.2, 0.25) is 0 Å². The molecule has 4 nitrogen and oxygen atoms in total. The van der Waals surface area contributed by atoms with Gasteiger partial charge in [-0.15, -0.1) is 0 Å². The maximum Gasteiger partial charge on any atom is 0.264 e. The Morgan fingerprint density at radius 1 is 0.857 bits per heavy atom. The van der Waals surface area contributed by atoms with E-state index in [1.54, 1.807) is 10.4 Å². The van der Waals surface area contributed by atoms with Crippen LogP contribution in [0.1, 0.15) is 35.1 Å². The van der Waals surface area contributed by atoms with Gasteiger partial charge in [0.1, 0.15) is 0 Å². The van der Waals surface area contributed by atoms with Crippen molar-refractivity contribution in [2.24, 2.45) is 5.92 Å². The van der Waals surface area contributed by atoms with Crippen molar-refractivity contribution in [3.05, 3.63) is 114 Å². The van der Waals surface area contributed by atoms with Crippen LogP contribution in [0.4, 0.5) is 11.4 Å². The fourth-order valence-electron chi connectivity index (χ4n) is 6.15. The number of nitrogens with one attached hydrogen (secondary N) is 1. The highest BCUT2D eigenvalue weighted by Gasteiger charge is 2.39. The van der Waals surface area contributed by atoms with Gasteiger partial charge in [-0.2, -0.15) is 0 Å². The fourth-order valence-corrected chi connectivity index (χ4v) is 7.69. The first-order chi connectivity index (χ1) is 17.1. The van der Waals surface area contributed by atoms with Gasteiger partial charge in [0.25, 0.3) is 10.0 Å². The molecule has 3 unspecified atom stereocenters. The van der Waals surface area contributed by atoms with Crippen molar-refractivity contribution < 1.29 is 8.42 Å². The fraction of sp³-hybridized carbons (Fsp3) is 0.200. The molecule has 0 bridgehead atoms. The van der Waals surface area contributed by atoms with Gasteiger partial charge >= 0.3 is 0 Å². The maximum absolute atomic E-state index is 13.7. The minimum atomic E-state index is -3.62. The lowest BCUT2D eigenvalue weighted by molar-refractivity contribution is 0.425. The zero-order chi connectivity index (χ0) is 23.6. The van der Waals surface area contributed by atoms with Gasteiger partial charge in [-0.1, -0.05) is 66.7 Å². The van der Waals surface area contributed by atoms with Crippen LogP contribution < -0.4 is 9.62 Å². The van der Waals surface area contributed by atoms with Crippen molar-refractivity contribution in [1.82, 2.24) is 0 Å². The van der Waals surface area contributed by atoms with Crippen LogP contribution in [0.25, 0.3) is 10.8 Å². The lowest BCUT2D eigenvalue weighted by Crippen LogP contribution is -2.31. The summed E-state index contributed by atoms with van der Waals surface area (Å²) in [7, 11) is -3.62. The van der Waals surface area contributed by atoms with Crippen LogP contribution >= 0.6 is 0 Å². The van der Waals surface area contributed by atoms with E-state index in [0.29, 0.717) is 17.4 Å². The van der Waals surface area contributed by atoms with E-state index in [0.717, 1.165) is 35.3 Å². The molecule has 0 spiro atoms. The van der Waals surface area contributed by atoms with Crippen molar-refractivity contribution in [2.45, 2.75) is 29.7 Å². The van der Waals surface area contributed by atoms with E-state index < -0.39 is 10.0 Å². The van der Waals surface area contributed by atoms with Gasteiger partial charge < -0.3 is 5.32 Å². The van der Waals surface area contributed by atoms with Crippen molar-refractivity contribution in [2.75, 3.05) is 16.2 Å². The predicted octanol–water partition coefficient (Wildman–Crippen LogP) is 6.42. The first kappa shape index (κ1) is 20.8. The third-order valence-corrected chi connectivity index (χ3v) is 9.71. The van der Waals surface area contributed by atoms with Crippen LogP contribution in [0.5, 0.6) is 0 Å². The number of allylic oxidation sites excluding steroid dienone is 2. The van der Waals surface area contributed by atoms with E-state index in [-0.39, 0.29) is 12.0 Å². The number of sulfonamides is 1. The van der Waals surface area contributed by atoms with Crippen LogP contribution in [0.3, 0.4) is 0 Å². The number of nitrogens with zero attached hydrogens (tertiary/aromatic N) is 1. The molecule has 0 aromatic heterocycles. The van der Waals surface area contributed by atoms with Gasteiger partial charge in [0.05, 0.1) is 16.6 Å². The highest BCUT2D eigenvalue weighted by atomic mass is 32.2. The van der Waals surface area contributed by atoms with Crippen molar-refractivity contribution >= 4 is 32.2 Å². The summed E-state index contributed by atoms with van der Waals surface area (Å²) in [5, 5.41) is 6.25. The summed E-state index contributed by atoms with van der Waals surface area (Å²) < 4.78 is 28.9. The molecule has 0 radical (unpaired) electrons. The summed E-state index contributed by atoms with van der Waals surface area (Å²) in [5.74, 6) is 0.554. The minimum Gasteiger partial charge on any atom is -0.378 e. The summed E-state index contributed by atoms with van der Waals surface area (Å²) in [6.45, 7) is 0.493. The average Bonchev–Trinajstić information content (AvgIpc) is 3.56. The second-order valence-electron chi connectivity index (χ2n) is 9.79. The van der Waals surface area contributed by atoms with Crippen molar-refractivity contribution in [3.8, 4) is 0 Å². The first-order valence-corrected chi connectivity index (χ1v) is 13.7. The summed E-state index contributed by atoms with van der Waals surface area (Å²) in [6, 6.07) is 28.8. The molecule has 0 saturated heterocycles. The first-order valence-electron chi connectivity index (χ1n) is 12.3. The summed E-state index contributed by atoms with van der Waals surface area (Å²) in [6.07, 6.45) is 6.24. The van der Waals surface area contributed by atoms with Gasteiger partial charge in [-0.3, -0.25) is 4.31 Å². The van der Waals surface area contributed by atoms with Crippen LogP contribution in [0.15, 0.2) is 102 Å². The number of rotatable bonds is 3. The molecule has 4 aromatic rings. The number of anilines is 2. The Bertz CT molecular complexity index is 1610. The zero-order valence-corrected chi connectivity index (χ0v) is 20.1. The SMILES string of the molecule is O=S(=O)(c1ccc2c(c1)C1C=CCC1C(c1ccc3ccccc3c1)N2)N1CCc2ccccc21. The third-order valence-electron chi connectivity index (χ3n) is 7.90. The molecule has 3 atom stereocenters. The Morgan fingerprint density at radius 2 is 1.69 bits per heavy atom. The van der Waals surface area contributed by atoms with Gasteiger partial charge in [-0.05, 0) is 76.6 Å². The Hall–Kier alpha value is -3.57. The summed E-state index contributed by atoms with van der Waals surface area (Å²) >= 11 is 0. The third kappa shape index (κ3) is 3.22. The normalized spacial score (nSPS) is 22.5. The quantitative estimate of drug-likeness (QED) is 0.346. The van der Waals surface area contributed by atoms with Crippen molar-refractivity contribution in [3.63, 3.8) is 0 Å². The van der Waals surface area contributed by atoms with Crippen LogP contribution in [0.2, 0.25) is 0 Å². The molecule has 2 heterocycles. The average molecular weight is 479 g/mol. The van der Waals surface area contributed by atoms with E-state index in [1.165, 1.54) is 16.3 Å². The summed E-state index contributed by atoms with van der Waals surface area (Å²) in [4.78, 5) is 0.373. The standard InChI is InChI=1S/C30H26N2O2S/c33-35(34,32-17-16-21-7-3-4-11-29(21)32)24-14-15-28-27(19-24)25-9-5-10-26(25)30(31-28)23-13-12-20-6-1-2-8-22(20)18-23/h1-9,11-15,18-19,25-26,30-31H,10,16-17H2. The second-order valence-corrected chi connectivity index (χ2v) is 11.6. The molecule has 35 heavy (non-hydrogen) atoms. The number of hydrogen-bond acceptors (Lipinski definition) is 3. The highest BCUT2D eigenvalue weighted by Crippen LogP contribution is 2.50. The topological polar surface area (TPSA) is 49.4 Å². The molecule has 0 fully saturated rings. The molecule has 0 saturated carbocycles. The molecule has 3 aliphatic rings.